The molecule has 16 heavy (non-hydrogen) atoms. The fourth-order valence-corrected chi connectivity index (χ4v) is 1.49. The normalized spacial score (nSPS) is 12.4. The molecule has 1 heterocycles. The van der Waals surface area contributed by atoms with Gasteiger partial charge in [0.2, 0.25) is 0 Å². The van der Waals surface area contributed by atoms with E-state index in [1.165, 1.54) is 6.20 Å². The van der Waals surface area contributed by atoms with E-state index in [1.807, 2.05) is 6.92 Å². The Hall–Kier alpha value is -1.07. The highest BCUT2D eigenvalue weighted by atomic mass is 35.5. The summed E-state index contributed by atoms with van der Waals surface area (Å²) in [4.78, 5) is 11.6. The summed E-state index contributed by atoms with van der Waals surface area (Å²) < 4.78 is 6.58. The third-order valence-corrected chi connectivity index (χ3v) is 2.19. The first-order chi connectivity index (χ1) is 7.67. The van der Waals surface area contributed by atoms with Crippen LogP contribution in [0.25, 0.3) is 0 Å². The molecule has 0 radical (unpaired) electrons. The summed E-state index contributed by atoms with van der Waals surface area (Å²) in [6.45, 7) is 5.20. The maximum atomic E-state index is 11.6. The Balaban J connectivity index is 2.60. The number of ether oxygens (including phenoxy) is 1. The lowest BCUT2D eigenvalue weighted by atomic mass is 10.3. The second-order valence-corrected chi connectivity index (χ2v) is 3.68. The van der Waals surface area contributed by atoms with Gasteiger partial charge in [0.1, 0.15) is 6.04 Å². The summed E-state index contributed by atoms with van der Waals surface area (Å²) in [6, 6.07) is -0.388. The van der Waals surface area contributed by atoms with E-state index in [1.54, 1.807) is 17.8 Å². The summed E-state index contributed by atoms with van der Waals surface area (Å²) in [5.41, 5.74) is 0. The molecule has 0 saturated heterocycles. The standard InChI is InChI=1S/C10H16ClN3O2/c1-3-12-9(10(15)16-4-2)7-14-6-8(11)5-13-14/h5-6,9,12H,3-4,7H2,1-2H3. The zero-order valence-electron chi connectivity index (χ0n) is 9.44. The molecule has 90 valence electrons. The molecular formula is C10H16ClN3O2. The van der Waals surface area contributed by atoms with Gasteiger partial charge in [0.05, 0.1) is 24.4 Å². The van der Waals surface area contributed by atoms with Crippen LogP contribution in [0.1, 0.15) is 13.8 Å². The molecule has 6 heteroatoms. The fraction of sp³-hybridized carbons (Fsp3) is 0.600. The zero-order valence-corrected chi connectivity index (χ0v) is 10.2. The number of carbonyl (C=O) groups is 1. The SMILES string of the molecule is CCNC(Cn1cc(Cl)cn1)C(=O)OCC. The average Bonchev–Trinajstić information content (AvgIpc) is 2.64. The molecule has 0 amide bonds. The lowest BCUT2D eigenvalue weighted by Gasteiger charge is -2.15. The van der Waals surface area contributed by atoms with Crippen molar-refractivity contribution < 1.29 is 9.53 Å². The van der Waals surface area contributed by atoms with Crippen LogP contribution in [0.4, 0.5) is 0 Å². The third-order valence-electron chi connectivity index (χ3n) is 1.99. The van der Waals surface area contributed by atoms with E-state index in [-0.39, 0.29) is 12.0 Å². The molecule has 0 aliphatic carbocycles. The first-order valence-electron chi connectivity index (χ1n) is 5.25. The van der Waals surface area contributed by atoms with Crippen molar-refractivity contribution >= 4 is 17.6 Å². The Labute approximate surface area is 99.7 Å². The summed E-state index contributed by atoms with van der Waals surface area (Å²) in [6.07, 6.45) is 3.21. The van der Waals surface area contributed by atoms with Gasteiger partial charge in [-0.2, -0.15) is 5.10 Å². The van der Waals surface area contributed by atoms with Crippen molar-refractivity contribution in [2.75, 3.05) is 13.2 Å². The number of rotatable bonds is 6. The Bertz CT molecular complexity index is 341. The molecule has 1 atom stereocenters. The van der Waals surface area contributed by atoms with Crippen LogP contribution in [0.5, 0.6) is 0 Å². The van der Waals surface area contributed by atoms with Crippen molar-refractivity contribution in [2.45, 2.75) is 26.4 Å². The van der Waals surface area contributed by atoms with E-state index < -0.39 is 0 Å². The number of hydrogen-bond donors (Lipinski definition) is 1. The van der Waals surface area contributed by atoms with E-state index in [0.29, 0.717) is 24.7 Å². The maximum absolute atomic E-state index is 11.6. The summed E-state index contributed by atoms with van der Waals surface area (Å²) >= 11 is 5.74. The highest BCUT2D eigenvalue weighted by Gasteiger charge is 2.19. The molecule has 0 aromatic carbocycles. The molecule has 1 aromatic heterocycles. The molecule has 0 saturated carbocycles. The van der Waals surface area contributed by atoms with Gasteiger partial charge in [-0.1, -0.05) is 18.5 Å². The molecule has 1 unspecified atom stereocenters. The van der Waals surface area contributed by atoms with E-state index in [9.17, 15) is 4.79 Å². The number of likely N-dealkylation sites (N-methyl/N-ethyl adjacent to an activating group) is 1. The molecule has 0 aliphatic rings. The van der Waals surface area contributed by atoms with E-state index in [0.717, 1.165) is 0 Å². The Morgan fingerprint density at radius 2 is 2.44 bits per heavy atom. The van der Waals surface area contributed by atoms with E-state index >= 15 is 0 Å². The number of esters is 1. The topological polar surface area (TPSA) is 56.2 Å². The van der Waals surface area contributed by atoms with Crippen LogP contribution in [-0.2, 0) is 16.1 Å². The average molecular weight is 246 g/mol. The minimum absolute atomic E-state index is 0.268. The predicted molar refractivity (Wildman–Crippen MR) is 61.3 cm³/mol. The van der Waals surface area contributed by atoms with Gasteiger partial charge in [-0.25, -0.2) is 0 Å². The number of hydrogen-bond acceptors (Lipinski definition) is 4. The molecule has 1 N–H and O–H groups in total. The zero-order chi connectivity index (χ0) is 12.0. The summed E-state index contributed by atoms with van der Waals surface area (Å²) in [5, 5.41) is 7.62. The lowest BCUT2D eigenvalue weighted by molar-refractivity contribution is -0.146. The van der Waals surface area contributed by atoms with Crippen LogP contribution in [0.15, 0.2) is 12.4 Å². The first kappa shape index (κ1) is 13.0. The van der Waals surface area contributed by atoms with Crippen molar-refractivity contribution in [3.63, 3.8) is 0 Å². The van der Waals surface area contributed by atoms with Gasteiger partial charge in [0.15, 0.2) is 0 Å². The molecular weight excluding hydrogens is 230 g/mol. The second kappa shape index (κ2) is 6.50. The molecule has 0 aliphatic heterocycles. The lowest BCUT2D eigenvalue weighted by Crippen LogP contribution is -2.41. The van der Waals surface area contributed by atoms with Gasteiger partial charge in [-0.3, -0.25) is 9.48 Å². The van der Waals surface area contributed by atoms with Gasteiger partial charge in [-0.05, 0) is 13.5 Å². The minimum atomic E-state index is -0.388. The maximum Gasteiger partial charge on any atom is 0.325 e. The molecule has 0 bridgehead atoms. The summed E-state index contributed by atoms with van der Waals surface area (Å²) in [7, 11) is 0. The molecule has 5 nitrogen and oxygen atoms in total. The minimum Gasteiger partial charge on any atom is -0.465 e. The predicted octanol–water partition coefficient (Wildman–Crippen LogP) is 1.08. The number of nitrogens with one attached hydrogen (secondary N) is 1. The molecule has 0 fully saturated rings. The number of halogens is 1. The second-order valence-electron chi connectivity index (χ2n) is 3.24. The highest BCUT2D eigenvalue weighted by molar-refractivity contribution is 6.30. The van der Waals surface area contributed by atoms with Crippen LogP contribution in [0.3, 0.4) is 0 Å². The molecule has 1 aromatic rings. The van der Waals surface area contributed by atoms with Crippen molar-refractivity contribution in [3.8, 4) is 0 Å². The Morgan fingerprint density at radius 1 is 1.69 bits per heavy atom. The van der Waals surface area contributed by atoms with Crippen molar-refractivity contribution in [1.82, 2.24) is 15.1 Å². The van der Waals surface area contributed by atoms with Crippen LogP contribution in [0.2, 0.25) is 5.02 Å². The smallest absolute Gasteiger partial charge is 0.325 e. The van der Waals surface area contributed by atoms with Crippen LogP contribution in [0, 0.1) is 0 Å². The van der Waals surface area contributed by atoms with Crippen molar-refractivity contribution in [1.29, 1.82) is 0 Å². The van der Waals surface area contributed by atoms with Crippen LogP contribution >= 0.6 is 11.6 Å². The van der Waals surface area contributed by atoms with Crippen molar-refractivity contribution in [2.24, 2.45) is 0 Å². The van der Waals surface area contributed by atoms with E-state index in [2.05, 4.69) is 10.4 Å². The number of aromatic nitrogens is 2. The number of carbonyl (C=O) groups excluding carboxylic acids is 1. The van der Waals surface area contributed by atoms with E-state index in [4.69, 9.17) is 16.3 Å². The van der Waals surface area contributed by atoms with Crippen molar-refractivity contribution in [3.05, 3.63) is 17.4 Å². The monoisotopic (exact) mass is 245 g/mol. The molecule has 1 rings (SSSR count). The van der Waals surface area contributed by atoms with Gasteiger partial charge in [0.25, 0.3) is 0 Å². The number of nitrogens with zero attached hydrogens (tertiary/aromatic N) is 2. The largest absolute Gasteiger partial charge is 0.465 e. The summed E-state index contributed by atoms with van der Waals surface area (Å²) in [5.74, 6) is -0.268. The Morgan fingerprint density at radius 3 is 2.94 bits per heavy atom. The van der Waals surface area contributed by atoms with Gasteiger partial charge >= 0.3 is 5.97 Å². The fourth-order valence-electron chi connectivity index (χ4n) is 1.34. The van der Waals surface area contributed by atoms with Crippen LogP contribution < -0.4 is 5.32 Å². The first-order valence-corrected chi connectivity index (χ1v) is 5.63. The van der Waals surface area contributed by atoms with Gasteiger partial charge < -0.3 is 10.1 Å². The van der Waals surface area contributed by atoms with Gasteiger partial charge in [-0.15, -0.1) is 0 Å². The van der Waals surface area contributed by atoms with Gasteiger partial charge in [0, 0.05) is 6.20 Å². The highest BCUT2D eigenvalue weighted by Crippen LogP contribution is 2.05. The van der Waals surface area contributed by atoms with Crippen LogP contribution in [-0.4, -0.2) is 34.9 Å². The Kier molecular flexibility index (Phi) is 5.28. The third kappa shape index (κ3) is 3.83. The quantitative estimate of drug-likeness (QED) is 0.762. The molecule has 0 spiro atoms.